The van der Waals surface area contributed by atoms with E-state index in [1.807, 2.05) is 25.1 Å². The van der Waals surface area contributed by atoms with E-state index < -0.39 is 26.6 Å². The third-order valence-corrected chi connectivity index (χ3v) is 6.31. The molecule has 3 aromatic carbocycles. The summed E-state index contributed by atoms with van der Waals surface area (Å²) in [5.41, 5.74) is 1.44. The van der Waals surface area contributed by atoms with E-state index in [9.17, 15) is 28.6 Å². The zero-order chi connectivity index (χ0) is 24.9. The van der Waals surface area contributed by atoms with Crippen molar-refractivity contribution in [1.82, 2.24) is 0 Å². The Kier molecular flexibility index (Phi) is 7.45. The van der Waals surface area contributed by atoms with E-state index in [0.29, 0.717) is 11.3 Å². The molecule has 0 saturated heterocycles. The average Bonchev–Trinajstić information content (AvgIpc) is 2.80. The summed E-state index contributed by atoms with van der Waals surface area (Å²) in [4.78, 5) is 22.3. The quantitative estimate of drug-likeness (QED) is 0.146. The summed E-state index contributed by atoms with van der Waals surface area (Å²) in [7, 11) is -4.35. The van der Waals surface area contributed by atoms with Gasteiger partial charge in [-0.3, -0.25) is 14.9 Å². The first kappa shape index (κ1) is 24.6. The first-order valence-electron chi connectivity index (χ1n) is 9.57. The number of nitriles is 1. The Morgan fingerprint density at radius 1 is 1.15 bits per heavy atom. The monoisotopic (exact) mass is 541 g/mol. The number of nitro benzene ring substituents is 1. The molecule has 1 amide bonds. The highest BCUT2D eigenvalue weighted by Gasteiger charge is 2.21. The fraction of sp³-hybridized carbons (Fsp3) is 0.0435. The molecule has 0 bridgehead atoms. The van der Waals surface area contributed by atoms with Crippen LogP contribution in [0.2, 0.25) is 0 Å². The number of hydrogen-bond donors (Lipinski definition) is 1. The Morgan fingerprint density at radius 3 is 2.47 bits per heavy atom. The van der Waals surface area contributed by atoms with Gasteiger partial charge in [0.25, 0.3) is 11.6 Å². The van der Waals surface area contributed by atoms with Crippen molar-refractivity contribution in [2.75, 3.05) is 5.32 Å². The van der Waals surface area contributed by atoms with E-state index in [0.717, 1.165) is 17.7 Å². The van der Waals surface area contributed by atoms with Crippen LogP contribution in [0.4, 0.5) is 11.4 Å². The molecule has 0 atom stereocenters. The van der Waals surface area contributed by atoms with Crippen molar-refractivity contribution >= 4 is 49.4 Å². The van der Waals surface area contributed by atoms with Gasteiger partial charge in [-0.2, -0.15) is 13.7 Å². The number of nitro groups is 1. The third-order valence-electron chi connectivity index (χ3n) is 4.46. The lowest BCUT2D eigenvalue weighted by Crippen LogP contribution is -2.13. The van der Waals surface area contributed by atoms with Gasteiger partial charge in [0, 0.05) is 17.8 Å². The number of hydrogen-bond acceptors (Lipinski definition) is 7. The molecule has 0 saturated carbocycles. The lowest BCUT2D eigenvalue weighted by atomic mass is 10.1. The van der Waals surface area contributed by atoms with E-state index in [-0.39, 0.29) is 20.7 Å². The Hall–Kier alpha value is -4.01. The van der Waals surface area contributed by atoms with Crippen molar-refractivity contribution in [1.29, 1.82) is 5.26 Å². The highest BCUT2D eigenvalue weighted by Crippen LogP contribution is 2.30. The molecule has 3 aromatic rings. The van der Waals surface area contributed by atoms with E-state index in [2.05, 4.69) is 21.2 Å². The molecular weight excluding hydrogens is 526 g/mol. The van der Waals surface area contributed by atoms with Gasteiger partial charge in [0.15, 0.2) is 5.75 Å². The summed E-state index contributed by atoms with van der Waals surface area (Å²) in [6.45, 7) is 1.91. The van der Waals surface area contributed by atoms with Gasteiger partial charge >= 0.3 is 10.1 Å². The van der Waals surface area contributed by atoms with Gasteiger partial charge in [0.05, 0.1) is 9.40 Å². The number of halogens is 1. The Balaban J connectivity index is 1.81. The molecule has 0 aliphatic carbocycles. The molecule has 0 fully saturated rings. The molecule has 0 heterocycles. The zero-order valence-corrected chi connectivity index (χ0v) is 20.0. The van der Waals surface area contributed by atoms with Gasteiger partial charge in [-0.25, -0.2) is 0 Å². The van der Waals surface area contributed by atoms with Crippen LogP contribution in [0.3, 0.4) is 0 Å². The van der Waals surface area contributed by atoms with Crippen LogP contribution in [-0.2, 0) is 14.9 Å². The first-order valence-corrected chi connectivity index (χ1v) is 11.8. The lowest BCUT2D eigenvalue weighted by molar-refractivity contribution is -0.385. The van der Waals surface area contributed by atoms with E-state index in [4.69, 9.17) is 4.18 Å². The molecule has 11 heteroatoms. The summed E-state index contributed by atoms with van der Waals surface area (Å²) in [6, 6.07) is 17.7. The zero-order valence-electron chi connectivity index (χ0n) is 17.6. The van der Waals surface area contributed by atoms with Crippen molar-refractivity contribution in [2.24, 2.45) is 0 Å². The number of anilines is 1. The summed E-state index contributed by atoms with van der Waals surface area (Å²) < 4.78 is 30.4. The number of carbonyl (C=O) groups excluding carboxylic acids is 1. The van der Waals surface area contributed by atoms with E-state index in [1.54, 1.807) is 12.1 Å². The maximum absolute atomic E-state index is 12.5. The molecule has 0 aliphatic rings. The minimum Gasteiger partial charge on any atom is -0.378 e. The first-order chi connectivity index (χ1) is 16.1. The van der Waals surface area contributed by atoms with Crippen LogP contribution in [0.1, 0.15) is 11.1 Å². The molecule has 0 spiro atoms. The predicted molar refractivity (Wildman–Crippen MR) is 128 cm³/mol. The third kappa shape index (κ3) is 6.06. The Morgan fingerprint density at radius 2 is 1.85 bits per heavy atom. The second-order valence-electron chi connectivity index (χ2n) is 6.97. The van der Waals surface area contributed by atoms with Gasteiger partial charge in [-0.05, 0) is 64.8 Å². The number of nitrogens with zero attached hydrogens (tertiary/aromatic N) is 2. The lowest BCUT2D eigenvalue weighted by Gasteiger charge is -2.09. The largest absolute Gasteiger partial charge is 0.378 e. The molecule has 0 radical (unpaired) electrons. The fourth-order valence-corrected chi connectivity index (χ4v) is 4.32. The molecule has 3 rings (SSSR count). The van der Waals surface area contributed by atoms with Gasteiger partial charge in [-0.15, -0.1) is 0 Å². The van der Waals surface area contributed by atoms with Gasteiger partial charge in [0.2, 0.25) is 0 Å². The van der Waals surface area contributed by atoms with E-state index in [1.165, 1.54) is 36.4 Å². The second kappa shape index (κ2) is 10.3. The summed E-state index contributed by atoms with van der Waals surface area (Å²) in [5.74, 6) is -0.678. The maximum atomic E-state index is 12.5. The van der Waals surface area contributed by atoms with Crippen molar-refractivity contribution in [2.45, 2.75) is 11.8 Å². The number of aryl methyl sites for hydroxylation is 1. The highest BCUT2D eigenvalue weighted by atomic mass is 79.9. The summed E-state index contributed by atoms with van der Waals surface area (Å²) >= 11 is 3.21. The highest BCUT2D eigenvalue weighted by molar-refractivity contribution is 9.10. The smallest absolute Gasteiger partial charge is 0.339 e. The van der Waals surface area contributed by atoms with Crippen molar-refractivity contribution < 1.29 is 22.3 Å². The van der Waals surface area contributed by atoms with Crippen LogP contribution in [0.5, 0.6) is 5.75 Å². The van der Waals surface area contributed by atoms with Crippen LogP contribution >= 0.6 is 15.9 Å². The minimum absolute atomic E-state index is 0.0775. The molecule has 1 N–H and O–H groups in total. The van der Waals surface area contributed by atoms with E-state index >= 15 is 0 Å². The minimum atomic E-state index is -4.35. The molecule has 9 nitrogen and oxygen atoms in total. The summed E-state index contributed by atoms with van der Waals surface area (Å²) in [5, 5.41) is 22.9. The van der Waals surface area contributed by atoms with Gasteiger partial charge in [-0.1, -0.05) is 29.8 Å². The molecule has 0 aromatic heterocycles. The normalized spacial score (nSPS) is 11.4. The van der Waals surface area contributed by atoms with Crippen LogP contribution in [-0.4, -0.2) is 19.2 Å². The summed E-state index contributed by atoms with van der Waals surface area (Å²) in [6.07, 6.45) is 1.34. The number of nitrogens with one attached hydrogen (secondary N) is 1. The Bertz CT molecular complexity index is 1440. The van der Waals surface area contributed by atoms with Gasteiger partial charge in [0.1, 0.15) is 16.5 Å². The van der Waals surface area contributed by atoms with Crippen LogP contribution < -0.4 is 9.50 Å². The van der Waals surface area contributed by atoms with Crippen LogP contribution in [0, 0.1) is 28.4 Å². The van der Waals surface area contributed by atoms with Crippen molar-refractivity contribution in [3.8, 4) is 11.8 Å². The van der Waals surface area contributed by atoms with Gasteiger partial charge < -0.3 is 9.50 Å². The number of benzene rings is 3. The molecule has 172 valence electrons. The number of rotatable bonds is 7. The molecule has 0 unspecified atom stereocenters. The standard InChI is InChI=1S/C23H16BrN3O6S/c1-15-5-8-18(9-6-15)26-23(28)17(14-25)11-16-7-10-22(21(24)12-16)33-34(31,32)20-4-2-3-19(13-20)27(29)30/h2-13H,1H3,(H,26,28)/b17-11-. The van der Waals surface area contributed by atoms with Crippen molar-refractivity contribution in [3.63, 3.8) is 0 Å². The predicted octanol–water partition coefficient (Wildman–Crippen LogP) is 4.98. The second-order valence-corrected chi connectivity index (χ2v) is 9.37. The topological polar surface area (TPSA) is 139 Å². The van der Waals surface area contributed by atoms with Crippen molar-refractivity contribution in [3.05, 3.63) is 98.0 Å². The SMILES string of the molecule is Cc1ccc(NC(=O)/C(C#N)=C\c2ccc(OS(=O)(=O)c3cccc([N+](=O)[O-])c3)c(Br)c2)cc1. The fourth-order valence-electron chi connectivity index (χ4n) is 2.74. The van der Waals surface area contributed by atoms with Crippen LogP contribution in [0.15, 0.2) is 81.7 Å². The van der Waals surface area contributed by atoms with Crippen LogP contribution in [0.25, 0.3) is 6.08 Å². The number of amides is 1. The Labute approximate surface area is 203 Å². The molecular formula is C23H16BrN3O6S. The number of carbonyl (C=O) groups is 1. The average molecular weight is 542 g/mol. The molecule has 34 heavy (non-hydrogen) atoms. The number of non-ortho nitro benzene ring substituents is 1. The maximum Gasteiger partial charge on any atom is 0.339 e. The molecule has 0 aliphatic heterocycles.